The third-order valence-electron chi connectivity index (χ3n) is 3.25. The Kier molecular flexibility index (Phi) is 3.87. The van der Waals surface area contributed by atoms with E-state index in [0.29, 0.717) is 11.4 Å². The van der Waals surface area contributed by atoms with E-state index in [1.807, 2.05) is 24.4 Å². The fourth-order valence-electron chi connectivity index (χ4n) is 2.16. The van der Waals surface area contributed by atoms with Crippen LogP contribution in [0.4, 0.5) is 5.69 Å². The van der Waals surface area contributed by atoms with E-state index in [-0.39, 0.29) is 5.91 Å². The minimum Gasteiger partial charge on any atom is -0.497 e. The normalized spacial score (nSPS) is 10.2. The van der Waals surface area contributed by atoms with Crippen molar-refractivity contribution in [3.8, 4) is 11.4 Å². The molecule has 0 bridgehead atoms. The monoisotopic (exact) mass is 293 g/mol. The molecule has 0 saturated carbocycles. The Morgan fingerprint density at radius 3 is 2.64 bits per heavy atom. The molecule has 0 aliphatic carbocycles. The third kappa shape index (κ3) is 2.83. The zero-order chi connectivity index (χ0) is 15.4. The average molecular weight is 293 g/mol. The van der Waals surface area contributed by atoms with Gasteiger partial charge >= 0.3 is 0 Å². The van der Waals surface area contributed by atoms with Gasteiger partial charge in [0.2, 0.25) is 0 Å². The number of hydrogen-bond donors (Lipinski definition) is 1. The van der Waals surface area contributed by atoms with Gasteiger partial charge in [-0.1, -0.05) is 0 Å². The maximum atomic E-state index is 12.4. The summed E-state index contributed by atoms with van der Waals surface area (Å²) in [6, 6.07) is 14.5. The highest BCUT2D eigenvalue weighted by molar-refractivity contribution is 6.03. The van der Waals surface area contributed by atoms with Gasteiger partial charge in [-0.25, -0.2) is 0 Å². The summed E-state index contributed by atoms with van der Waals surface area (Å²) >= 11 is 0. The highest BCUT2D eigenvalue weighted by atomic mass is 16.5. The Hall–Kier alpha value is -3.08. The molecular weight excluding hydrogens is 278 g/mol. The predicted molar refractivity (Wildman–Crippen MR) is 84.5 cm³/mol. The van der Waals surface area contributed by atoms with Crippen LogP contribution in [0.1, 0.15) is 10.5 Å². The van der Waals surface area contributed by atoms with Crippen molar-refractivity contribution in [2.75, 3.05) is 12.4 Å². The Morgan fingerprint density at radius 1 is 1.14 bits per heavy atom. The lowest BCUT2D eigenvalue weighted by Gasteiger charge is -2.10. The topological polar surface area (TPSA) is 56.1 Å². The number of pyridine rings is 1. The molecule has 5 nitrogen and oxygen atoms in total. The lowest BCUT2D eigenvalue weighted by Crippen LogP contribution is -2.16. The molecule has 0 atom stereocenters. The minimum atomic E-state index is -0.181. The van der Waals surface area contributed by atoms with Crippen LogP contribution in [0.25, 0.3) is 5.69 Å². The van der Waals surface area contributed by atoms with E-state index < -0.39 is 0 Å². The van der Waals surface area contributed by atoms with Crippen molar-refractivity contribution in [2.24, 2.45) is 0 Å². The number of hydrogen-bond acceptors (Lipinski definition) is 3. The molecule has 110 valence electrons. The minimum absolute atomic E-state index is 0.181. The van der Waals surface area contributed by atoms with Gasteiger partial charge in [0.05, 0.1) is 19.0 Å². The first-order valence-electron chi connectivity index (χ1n) is 6.81. The largest absolute Gasteiger partial charge is 0.497 e. The summed E-state index contributed by atoms with van der Waals surface area (Å²) in [5.41, 5.74) is 2.10. The van der Waals surface area contributed by atoms with Gasteiger partial charge in [0, 0.05) is 18.1 Å². The van der Waals surface area contributed by atoms with Crippen molar-refractivity contribution in [2.45, 2.75) is 0 Å². The summed E-state index contributed by atoms with van der Waals surface area (Å²) in [5.74, 6) is 0.566. The van der Waals surface area contributed by atoms with Gasteiger partial charge in [-0.05, 0) is 48.5 Å². The van der Waals surface area contributed by atoms with Gasteiger partial charge < -0.3 is 14.6 Å². The second kappa shape index (κ2) is 6.13. The predicted octanol–water partition coefficient (Wildman–Crippen LogP) is 3.13. The molecule has 2 aromatic heterocycles. The zero-order valence-corrected chi connectivity index (χ0v) is 12.1. The van der Waals surface area contributed by atoms with Gasteiger partial charge in [-0.15, -0.1) is 0 Å². The quantitative estimate of drug-likeness (QED) is 0.804. The smallest absolute Gasteiger partial charge is 0.272 e. The van der Waals surface area contributed by atoms with E-state index in [0.717, 1.165) is 11.4 Å². The molecule has 0 radical (unpaired) electrons. The number of rotatable bonds is 4. The number of amides is 1. The second-order valence-electron chi connectivity index (χ2n) is 4.66. The van der Waals surface area contributed by atoms with Gasteiger partial charge in [-0.2, -0.15) is 0 Å². The summed E-state index contributed by atoms with van der Waals surface area (Å²) in [7, 11) is 1.61. The molecule has 0 saturated heterocycles. The average Bonchev–Trinajstić information content (AvgIpc) is 3.06. The van der Waals surface area contributed by atoms with E-state index in [1.54, 1.807) is 54.4 Å². The molecule has 2 heterocycles. The van der Waals surface area contributed by atoms with E-state index in [1.165, 1.54) is 0 Å². The summed E-state index contributed by atoms with van der Waals surface area (Å²) in [5, 5.41) is 2.87. The van der Waals surface area contributed by atoms with Crippen molar-refractivity contribution < 1.29 is 9.53 Å². The van der Waals surface area contributed by atoms with Crippen molar-refractivity contribution in [1.29, 1.82) is 0 Å². The molecule has 1 aromatic carbocycles. The standard InChI is InChI=1S/C17H15N3O2/c1-22-15-8-6-13(7-9-15)19-17(21)16-5-3-11-20(16)14-4-2-10-18-12-14/h2-12H,1H3,(H,19,21). The Bertz CT molecular complexity index is 764. The molecule has 22 heavy (non-hydrogen) atoms. The molecule has 0 aliphatic rings. The second-order valence-corrected chi connectivity index (χ2v) is 4.66. The Labute approximate surface area is 128 Å². The number of methoxy groups -OCH3 is 1. The number of ether oxygens (including phenoxy) is 1. The summed E-state index contributed by atoms with van der Waals surface area (Å²) in [4.78, 5) is 16.5. The van der Waals surface area contributed by atoms with Crippen LogP contribution in [-0.2, 0) is 0 Å². The first-order valence-corrected chi connectivity index (χ1v) is 6.81. The number of nitrogens with zero attached hydrogens (tertiary/aromatic N) is 2. The van der Waals surface area contributed by atoms with Crippen LogP contribution >= 0.6 is 0 Å². The molecular formula is C17H15N3O2. The number of carbonyl (C=O) groups excluding carboxylic acids is 1. The molecule has 0 fully saturated rings. The van der Waals surface area contributed by atoms with Crippen LogP contribution in [-0.4, -0.2) is 22.6 Å². The van der Waals surface area contributed by atoms with E-state index in [2.05, 4.69) is 10.3 Å². The van der Waals surface area contributed by atoms with Crippen molar-refractivity contribution in [3.05, 3.63) is 72.8 Å². The number of aromatic nitrogens is 2. The molecule has 3 aromatic rings. The van der Waals surface area contributed by atoms with Crippen LogP contribution in [0.5, 0.6) is 5.75 Å². The van der Waals surface area contributed by atoms with Gasteiger partial charge in [0.15, 0.2) is 0 Å². The fourth-order valence-corrected chi connectivity index (χ4v) is 2.16. The Balaban J connectivity index is 1.82. The van der Waals surface area contributed by atoms with Crippen LogP contribution < -0.4 is 10.1 Å². The number of anilines is 1. The fraction of sp³-hybridized carbons (Fsp3) is 0.0588. The van der Waals surface area contributed by atoms with Crippen molar-refractivity contribution >= 4 is 11.6 Å². The lowest BCUT2D eigenvalue weighted by atomic mass is 10.3. The van der Waals surface area contributed by atoms with Crippen molar-refractivity contribution in [3.63, 3.8) is 0 Å². The molecule has 5 heteroatoms. The Morgan fingerprint density at radius 2 is 1.95 bits per heavy atom. The maximum absolute atomic E-state index is 12.4. The summed E-state index contributed by atoms with van der Waals surface area (Å²) < 4.78 is 6.90. The number of nitrogens with one attached hydrogen (secondary N) is 1. The van der Waals surface area contributed by atoms with Crippen molar-refractivity contribution in [1.82, 2.24) is 9.55 Å². The molecule has 0 aliphatic heterocycles. The lowest BCUT2D eigenvalue weighted by molar-refractivity contribution is 0.102. The van der Waals surface area contributed by atoms with Crippen LogP contribution in [0.3, 0.4) is 0 Å². The third-order valence-corrected chi connectivity index (χ3v) is 3.25. The van der Waals surface area contributed by atoms with E-state index in [4.69, 9.17) is 4.74 Å². The number of carbonyl (C=O) groups is 1. The molecule has 0 spiro atoms. The highest BCUT2D eigenvalue weighted by Gasteiger charge is 2.12. The SMILES string of the molecule is COc1ccc(NC(=O)c2cccn2-c2cccnc2)cc1. The van der Waals surface area contributed by atoms with Crippen LogP contribution in [0.2, 0.25) is 0 Å². The maximum Gasteiger partial charge on any atom is 0.272 e. The molecule has 1 amide bonds. The molecule has 3 rings (SSSR count). The summed E-state index contributed by atoms with van der Waals surface area (Å²) in [6.45, 7) is 0. The first-order chi connectivity index (χ1) is 10.8. The summed E-state index contributed by atoms with van der Waals surface area (Å²) in [6.07, 6.45) is 5.24. The number of benzene rings is 1. The zero-order valence-electron chi connectivity index (χ0n) is 12.1. The van der Waals surface area contributed by atoms with E-state index in [9.17, 15) is 4.79 Å². The van der Waals surface area contributed by atoms with Gasteiger partial charge in [0.1, 0.15) is 11.4 Å². The molecule has 0 unspecified atom stereocenters. The van der Waals surface area contributed by atoms with Crippen LogP contribution in [0.15, 0.2) is 67.1 Å². The molecule has 1 N–H and O–H groups in total. The van der Waals surface area contributed by atoms with Crippen LogP contribution in [0, 0.1) is 0 Å². The highest BCUT2D eigenvalue weighted by Crippen LogP contribution is 2.17. The van der Waals surface area contributed by atoms with Gasteiger partial charge in [0.25, 0.3) is 5.91 Å². The van der Waals surface area contributed by atoms with E-state index >= 15 is 0 Å². The first kappa shape index (κ1) is 13.9. The van der Waals surface area contributed by atoms with Gasteiger partial charge in [-0.3, -0.25) is 9.78 Å².